The van der Waals surface area contributed by atoms with Crippen molar-refractivity contribution < 1.29 is 0 Å². The lowest BCUT2D eigenvalue weighted by molar-refractivity contribution is 0.667. The van der Waals surface area contributed by atoms with Crippen molar-refractivity contribution >= 4 is 33.7 Å². The molecule has 6 heteroatoms. The topological polar surface area (TPSA) is 93.5 Å². The van der Waals surface area contributed by atoms with E-state index in [1.807, 2.05) is 60.7 Å². The van der Waals surface area contributed by atoms with Gasteiger partial charge in [-0.3, -0.25) is 0 Å². The number of nitrogens with one attached hydrogen (secondary N) is 1. The molecule has 1 aliphatic rings. The smallest absolute Gasteiger partial charge is 0.164 e. The summed E-state index contributed by atoms with van der Waals surface area (Å²) in [6.07, 6.45) is 1.41. The Morgan fingerprint density at radius 3 is 1.73 bits per heavy atom. The highest BCUT2D eigenvalue weighted by Gasteiger charge is 2.39. The number of aromatic nitrogens is 4. The largest absolute Gasteiger partial charge is 0.398 e. The Kier molecular flexibility index (Phi) is 6.00. The highest BCUT2D eigenvalue weighted by Crippen LogP contribution is 2.49. The minimum atomic E-state index is -0.417. The lowest BCUT2D eigenvalue weighted by Crippen LogP contribution is -2.19. The maximum Gasteiger partial charge on any atom is 0.164 e. The third-order valence-corrected chi connectivity index (χ3v) is 8.94. The van der Waals surface area contributed by atoms with Crippen LogP contribution in [0.15, 0.2) is 127 Å². The summed E-state index contributed by atoms with van der Waals surface area (Å²) in [5.74, 6) is 1.89. The predicted molar refractivity (Wildman–Crippen MR) is 183 cm³/mol. The Morgan fingerprint density at radius 2 is 1.16 bits per heavy atom. The summed E-state index contributed by atoms with van der Waals surface area (Å²) in [6, 6.07) is 41.2. The van der Waals surface area contributed by atoms with Gasteiger partial charge in [0.2, 0.25) is 0 Å². The van der Waals surface area contributed by atoms with Crippen molar-refractivity contribution in [2.75, 3.05) is 0 Å². The predicted octanol–water partition coefficient (Wildman–Crippen LogP) is 8.58. The van der Waals surface area contributed by atoms with Crippen LogP contribution >= 0.6 is 0 Å². The molecule has 6 nitrogen and oxygen atoms in total. The minimum absolute atomic E-state index is 0.417. The molecule has 0 saturated heterocycles. The summed E-state index contributed by atoms with van der Waals surface area (Å²) in [5, 5.41) is 10.5. The van der Waals surface area contributed by atoms with E-state index in [1.54, 1.807) is 0 Å². The molecule has 5 aromatic carbocycles. The van der Waals surface area contributed by atoms with Gasteiger partial charge in [0, 0.05) is 61.6 Å². The quantitative estimate of drug-likeness (QED) is 0.199. The molecule has 8 rings (SSSR count). The highest BCUT2D eigenvalue weighted by molar-refractivity contribution is 6.13. The molecule has 1 aliphatic carbocycles. The second-order valence-corrected chi connectivity index (χ2v) is 11.9. The second-order valence-electron chi connectivity index (χ2n) is 11.9. The molecule has 2 aromatic heterocycles. The summed E-state index contributed by atoms with van der Waals surface area (Å²) in [6.45, 7) is 4.32. The van der Waals surface area contributed by atoms with E-state index in [1.165, 1.54) is 11.6 Å². The number of allylic oxidation sites excluding steroid dienone is 1. The van der Waals surface area contributed by atoms with E-state index >= 15 is 0 Å². The normalized spacial score (nSPS) is 13.8. The number of benzene rings is 5. The number of nitrogens with two attached hydrogens (primary N) is 1. The lowest BCUT2D eigenvalue weighted by atomic mass is 9.80. The van der Waals surface area contributed by atoms with E-state index in [9.17, 15) is 0 Å². The van der Waals surface area contributed by atoms with Gasteiger partial charge in [0.15, 0.2) is 17.5 Å². The van der Waals surface area contributed by atoms with Crippen LogP contribution in [0.4, 0.5) is 0 Å². The summed E-state index contributed by atoms with van der Waals surface area (Å²) in [4.78, 5) is 14.7. The summed E-state index contributed by atoms with van der Waals surface area (Å²) in [5.41, 5.74) is 15.9. The van der Waals surface area contributed by atoms with Gasteiger partial charge in [-0.1, -0.05) is 105 Å². The molecule has 0 amide bonds. The Hall–Kier alpha value is -5.88. The van der Waals surface area contributed by atoms with Crippen LogP contribution in [-0.2, 0) is 5.41 Å². The fourth-order valence-corrected chi connectivity index (χ4v) is 6.75. The fourth-order valence-electron chi connectivity index (χ4n) is 6.75. The number of hydrogen-bond acceptors (Lipinski definition) is 5. The summed E-state index contributed by atoms with van der Waals surface area (Å²) in [7, 11) is 0. The maximum atomic E-state index is 8.15. The number of para-hydroxylation sites is 1. The molecule has 0 radical (unpaired) electrons. The lowest BCUT2D eigenvalue weighted by Gasteiger charge is -2.24. The number of fused-ring (bicyclic) bond motifs is 5. The van der Waals surface area contributed by atoms with E-state index in [-0.39, 0.29) is 0 Å². The van der Waals surface area contributed by atoms with Crippen LogP contribution < -0.4 is 5.73 Å². The Labute approximate surface area is 261 Å². The van der Waals surface area contributed by atoms with Gasteiger partial charge < -0.3 is 15.7 Å². The molecule has 0 fully saturated rings. The Bertz CT molecular complexity index is 2240. The highest BCUT2D eigenvalue weighted by atomic mass is 15.0. The summed E-state index contributed by atoms with van der Waals surface area (Å²) < 4.78 is 2.33. The van der Waals surface area contributed by atoms with Crippen molar-refractivity contribution in [3.8, 4) is 39.9 Å². The fraction of sp³-hybridized carbons (Fsp3) is 0.0769. The molecule has 0 aliphatic heterocycles. The average Bonchev–Trinajstić information content (AvgIpc) is 3.52. The van der Waals surface area contributed by atoms with Gasteiger partial charge in [-0.05, 0) is 35.9 Å². The zero-order chi connectivity index (χ0) is 30.7. The first-order valence-corrected chi connectivity index (χ1v) is 15.0. The Morgan fingerprint density at radius 1 is 0.622 bits per heavy atom. The van der Waals surface area contributed by atoms with Crippen LogP contribution in [0.25, 0.3) is 67.4 Å². The van der Waals surface area contributed by atoms with Crippen LogP contribution in [0.5, 0.6) is 0 Å². The molecule has 0 unspecified atom stereocenters. The SMILES string of the molecule is CC1(C)C(C=N)=C(N)c2ccc3c4ccccc4n(-c4ccc(-c5nc(-c6ccccc6)nc(-c6ccccc6)n5)cc4)c3c21. The van der Waals surface area contributed by atoms with Crippen molar-refractivity contribution in [1.29, 1.82) is 5.41 Å². The van der Waals surface area contributed by atoms with Crippen LogP contribution in [-0.4, -0.2) is 25.7 Å². The first kappa shape index (κ1) is 26.7. The molecule has 0 spiro atoms. The van der Waals surface area contributed by atoms with Crippen molar-refractivity contribution in [2.45, 2.75) is 19.3 Å². The van der Waals surface area contributed by atoms with Crippen molar-refractivity contribution in [2.24, 2.45) is 5.73 Å². The van der Waals surface area contributed by atoms with Crippen LogP contribution in [0.2, 0.25) is 0 Å². The average molecular weight is 583 g/mol. The van der Waals surface area contributed by atoms with E-state index in [0.717, 1.165) is 55.5 Å². The third kappa shape index (κ3) is 4.10. The van der Waals surface area contributed by atoms with Crippen LogP contribution in [0.3, 0.4) is 0 Å². The van der Waals surface area contributed by atoms with Gasteiger partial charge in [-0.15, -0.1) is 0 Å². The van der Waals surface area contributed by atoms with Gasteiger partial charge in [-0.2, -0.15) is 0 Å². The molecule has 0 atom stereocenters. The van der Waals surface area contributed by atoms with E-state index in [4.69, 9.17) is 26.1 Å². The van der Waals surface area contributed by atoms with Crippen LogP contribution in [0.1, 0.15) is 25.0 Å². The number of hydrogen-bond donors (Lipinski definition) is 2. The molecule has 0 bridgehead atoms. The second kappa shape index (κ2) is 10.1. The van der Waals surface area contributed by atoms with Gasteiger partial charge in [-0.25, -0.2) is 15.0 Å². The van der Waals surface area contributed by atoms with Gasteiger partial charge in [0.25, 0.3) is 0 Å². The van der Waals surface area contributed by atoms with Crippen molar-refractivity contribution in [1.82, 2.24) is 19.5 Å². The van der Waals surface area contributed by atoms with E-state index in [2.05, 4.69) is 79.1 Å². The van der Waals surface area contributed by atoms with Gasteiger partial charge in [0.05, 0.1) is 11.0 Å². The van der Waals surface area contributed by atoms with E-state index < -0.39 is 5.41 Å². The molecule has 0 saturated carbocycles. The van der Waals surface area contributed by atoms with Crippen molar-refractivity contribution in [3.05, 3.63) is 138 Å². The molecular formula is C39H30N6. The first-order valence-electron chi connectivity index (χ1n) is 15.0. The minimum Gasteiger partial charge on any atom is -0.398 e. The van der Waals surface area contributed by atoms with E-state index in [0.29, 0.717) is 23.2 Å². The molecule has 2 heterocycles. The first-order chi connectivity index (χ1) is 22.0. The van der Waals surface area contributed by atoms with Crippen LogP contribution in [0, 0.1) is 5.41 Å². The molecule has 45 heavy (non-hydrogen) atoms. The zero-order valence-corrected chi connectivity index (χ0v) is 25.0. The van der Waals surface area contributed by atoms with Gasteiger partial charge >= 0.3 is 0 Å². The van der Waals surface area contributed by atoms with Gasteiger partial charge in [0.1, 0.15) is 0 Å². The maximum absolute atomic E-state index is 8.15. The number of rotatable bonds is 5. The molecule has 216 valence electrons. The molecular weight excluding hydrogens is 552 g/mol. The van der Waals surface area contributed by atoms with Crippen molar-refractivity contribution in [3.63, 3.8) is 0 Å². The third-order valence-electron chi connectivity index (χ3n) is 8.94. The Balaban J connectivity index is 1.31. The standard InChI is InChI=1S/C39H30N6/c1-39(2)31(23-40)34(41)30-22-21-29-28-15-9-10-16-32(28)45(35(29)33(30)39)27-19-17-26(18-20-27)38-43-36(24-11-5-3-6-12-24)42-37(44-38)25-13-7-4-8-14-25/h3-23,40H,41H2,1-2H3. The monoisotopic (exact) mass is 582 g/mol. The molecule has 7 aromatic rings. The molecule has 3 N–H and O–H groups in total. The summed E-state index contributed by atoms with van der Waals surface area (Å²) >= 11 is 0. The zero-order valence-electron chi connectivity index (χ0n) is 25.0. The number of nitrogens with zero attached hydrogens (tertiary/aromatic N) is 4.